The van der Waals surface area contributed by atoms with Gasteiger partial charge in [-0.15, -0.1) is 0 Å². The van der Waals surface area contributed by atoms with Crippen molar-refractivity contribution in [3.8, 4) is 0 Å². The molecule has 316 valence electrons. The van der Waals surface area contributed by atoms with Crippen molar-refractivity contribution in [2.75, 3.05) is 26.4 Å². The van der Waals surface area contributed by atoms with E-state index in [-0.39, 0.29) is 19.2 Å². The minimum absolute atomic E-state index is 0.128. The predicted molar refractivity (Wildman–Crippen MR) is 224 cm³/mol. The number of esters is 1. The first-order chi connectivity index (χ1) is 26.9. The highest BCUT2D eigenvalue weighted by Crippen LogP contribution is 2.22. The van der Waals surface area contributed by atoms with Gasteiger partial charge >= 0.3 is 5.97 Å². The number of rotatable bonds is 35. The summed E-state index contributed by atoms with van der Waals surface area (Å²) in [4.78, 5) is 12.7. The van der Waals surface area contributed by atoms with E-state index in [4.69, 9.17) is 18.9 Å². The normalized spacial score (nSPS) is 21.5. The Bertz CT molecular complexity index is 1060. The number of aliphatic hydroxyl groups is 4. The van der Waals surface area contributed by atoms with Gasteiger partial charge in [-0.05, 0) is 77.0 Å². The minimum Gasteiger partial charge on any atom is -0.457 e. The van der Waals surface area contributed by atoms with Crippen molar-refractivity contribution >= 4 is 5.97 Å². The van der Waals surface area contributed by atoms with Gasteiger partial charge in [-0.1, -0.05) is 138 Å². The third kappa shape index (κ3) is 28.6. The zero-order valence-electron chi connectivity index (χ0n) is 34.4. The highest BCUT2D eigenvalue weighted by molar-refractivity contribution is 5.69. The van der Waals surface area contributed by atoms with Crippen LogP contribution in [0.1, 0.15) is 149 Å². The quantitative estimate of drug-likeness (QED) is 0.0282. The maximum Gasteiger partial charge on any atom is 0.306 e. The molecule has 0 aliphatic carbocycles. The van der Waals surface area contributed by atoms with E-state index in [1.54, 1.807) is 0 Å². The van der Waals surface area contributed by atoms with Crippen molar-refractivity contribution in [3.05, 3.63) is 72.9 Å². The Kier molecular flexibility index (Phi) is 34.3. The van der Waals surface area contributed by atoms with Crippen LogP contribution in [0.15, 0.2) is 72.9 Å². The molecule has 1 saturated heterocycles. The molecular weight excluding hydrogens is 696 g/mol. The summed E-state index contributed by atoms with van der Waals surface area (Å²) in [5.74, 6) is -0.339. The van der Waals surface area contributed by atoms with Crippen LogP contribution in [-0.4, -0.2) is 89.6 Å². The smallest absolute Gasteiger partial charge is 0.306 e. The Labute approximate surface area is 334 Å². The summed E-state index contributed by atoms with van der Waals surface area (Å²) in [6, 6.07) is 0. The molecule has 6 unspecified atom stereocenters. The monoisotopic (exact) mass is 775 g/mol. The molecule has 0 amide bonds. The van der Waals surface area contributed by atoms with E-state index in [9.17, 15) is 25.2 Å². The van der Waals surface area contributed by atoms with Crippen LogP contribution >= 0.6 is 0 Å². The molecule has 0 saturated carbocycles. The van der Waals surface area contributed by atoms with Crippen LogP contribution in [0.2, 0.25) is 0 Å². The van der Waals surface area contributed by atoms with Crippen LogP contribution in [0.4, 0.5) is 0 Å². The van der Waals surface area contributed by atoms with Gasteiger partial charge in [0.25, 0.3) is 0 Å². The summed E-state index contributed by atoms with van der Waals surface area (Å²) in [5, 5.41) is 40.0. The third-order valence-electron chi connectivity index (χ3n) is 9.34. The van der Waals surface area contributed by atoms with E-state index in [0.717, 1.165) is 103 Å². The fourth-order valence-electron chi connectivity index (χ4n) is 5.99. The standard InChI is InChI=1S/C46H78O9/c1-3-5-7-9-11-13-15-16-17-18-19-20-21-22-23-24-25-27-29-31-33-35-42(48)54-40(39-53-46-45(51)44(50)43(49)41(37-47)55-46)38-52-36-34-32-30-28-26-14-12-10-8-6-4-2/h5,7-8,10-11,13,16-17,19-20,22-23,40-41,43-47,49-51H,3-4,6,9,12,14-15,18,21,24-39H2,1-2H3/b7-5-,10-8-,13-11-,17-16-,20-19-,23-22-. The summed E-state index contributed by atoms with van der Waals surface area (Å²) >= 11 is 0. The summed E-state index contributed by atoms with van der Waals surface area (Å²) < 4.78 is 22.7. The lowest BCUT2D eigenvalue weighted by Gasteiger charge is -2.39. The SMILES string of the molecule is CC/C=C\C/C=C\C/C=C\C/C=C\C/C=C\CCCCCCCC(=O)OC(COCCCCCCCC/C=C\CCC)COC1OC(CO)C(O)C(O)C1O. The van der Waals surface area contributed by atoms with Gasteiger partial charge in [0.2, 0.25) is 0 Å². The van der Waals surface area contributed by atoms with Gasteiger partial charge in [-0.25, -0.2) is 0 Å². The number of hydrogen-bond acceptors (Lipinski definition) is 9. The molecule has 0 bridgehead atoms. The summed E-state index contributed by atoms with van der Waals surface area (Å²) in [5.41, 5.74) is 0. The molecule has 1 aliphatic heterocycles. The Hall–Kier alpha value is -2.37. The second-order valence-corrected chi connectivity index (χ2v) is 14.4. The lowest BCUT2D eigenvalue weighted by atomic mass is 9.99. The molecule has 0 spiro atoms. The van der Waals surface area contributed by atoms with Crippen LogP contribution in [-0.2, 0) is 23.7 Å². The molecule has 0 aromatic rings. The summed E-state index contributed by atoms with van der Waals surface area (Å²) in [7, 11) is 0. The average Bonchev–Trinajstić information content (AvgIpc) is 3.18. The highest BCUT2D eigenvalue weighted by atomic mass is 16.7. The van der Waals surface area contributed by atoms with Crippen molar-refractivity contribution in [2.24, 2.45) is 0 Å². The van der Waals surface area contributed by atoms with E-state index < -0.39 is 43.4 Å². The molecule has 4 N–H and O–H groups in total. The van der Waals surface area contributed by atoms with Crippen LogP contribution < -0.4 is 0 Å². The molecular formula is C46H78O9. The number of allylic oxidation sites excluding steroid dienone is 12. The first-order valence-electron chi connectivity index (χ1n) is 21.5. The zero-order chi connectivity index (χ0) is 40.0. The second kappa shape index (κ2) is 37.2. The van der Waals surface area contributed by atoms with Crippen LogP contribution in [0, 0.1) is 0 Å². The van der Waals surface area contributed by atoms with Gasteiger partial charge in [-0.3, -0.25) is 4.79 Å². The van der Waals surface area contributed by atoms with Crippen LogP contribution in [0.5, 0.6) is 0 Å². The Balaban J connectivity index is 2.29. The Morgan fingerprint density at radius 3 is 1.69 bits per heavy atom. The lowest BCUT2D eigenvalue weighted by Crippen LogP contribution is -2.59. The van der Waals surface area contributed by atoms with Crippen molar-refractivity contribution in [3.63, 3.8) is 0 Å². The van der Waals surface area contributed by atoms with Gasteiger partial charge in [0.1, 0.15) is 30.5 Å². The number of unbranched alkanes of at least 4 members (excludes halogenated alkanes) is 12. The van der Waals surface area contributed by atoms with E-state index in [0.29, 0.717) is 13.0 Å². The number of carbonyl (C=O) groups is 1. The topological polar surface area (TPSA) is 135 Å². The van der Waals surface area contributed by atoms with Gasteiger partial charge in [0, 0.05) is 13.0 Å². The molecule has 1 heterocycles. The fourth-order valence-corrected chi connectivity index (χ4v) is 5.99. The minimum atomic E-state index is -1.54. The molecule has 6 atom stereocenters. The van der Waals surface area contributed by atoms with Crippen LogP contribution in [0.3, 0.4) is 0 Å². The third-order valence-corrected chi connectivity index (χ3v) is 9.34. The van der Waals surface area contributed by atoms with Gasteiger partial charge in [0.05, 0.1) is 19.8 Å². The molecule has 1 rings (SSSR count). The largest absolute Gasteiger partial charge is 0.457 e. The number of carbonyl (C=O) groups excluding carboxylic acids is 1. The molecule has 9 nitrogen and oxygen atoms in total. The second-order valence-electron chi connectivity index (χ2n) is 14.4. The van der Waals surface area contributed by atoms with Gasteiger partial charge in [-0.2, -0.15) is 0 Å². The Morgan fingerprint density at radius 1 is 0.600 bits per heavy atom. The first kappa shape index (κ1) is 50.6. The average molecular weight is 775 g/mol. The lowest BCUT2D eigenvalue weighted by molar-refractivity contribution is -0.305. The number of ether oxygens (including phenoxy) is 4. The van der Waals surface area contributed by atoms with Crippen molar-refractivity contribution in [1.82, 2.24) is 0 Å². The number of hydrogen-bond donors (Lipinski definition) is 4. The highest BCUT2D eigenvalue weighted by Gasteiger charge is 2.44. The molecule has 9 heteroatoms. The van der Waals surface area contributed by atoms with E-state index in [2.05, 4.69) is 86.8 Å². The van der Waals surface area contributed by atoms with Crippen molar-refractivity contribution < 1.29 is 44.2 Å². The van der Waals surface area contributed by atoms with Crippen molar-refractivity contribution in [2.45, 2.75) is 185 Å². The molecule has 1 aliphatic rings. The maximum atomic E-state index is 12.7. The van der Waals surface area contributed by atoms with Gasteiger partial charge in [0.15, 0.2) is 6.29 Å². The molecule has 0 aromatic heterocycles. The van der Waals surface area contributed by atoms with E-state index in [1.165, 1.54) is 25.7 Å². The number of aliphatic hydroxyl groups excluding tert-OH is 4. The molecule has 55 heavy (non-hydrogen) atoms. The van der Waals surface area contributed by atoms with Crippen LogP contribution in [0.25, 0.3) is 0 Å². The van der Waals surface area contributed by atoms with E-state index >= 15 is 0 Å². The molecule has 0 aromatic carbocycles. The van der Waals surface area contributed by atoms with Crippen molar-refractivity contribution in [1.29, 1.82) is 0 Å². The maximum absolute atomic E-state index is 12.7. The van der Waals surface area contributed by atoms with Gasteiger partial charge < -0.3 is 39.4 Å². The molecule has 0 radical (unpaired) electrons. The summed E-state index contributed by atoms with van der Waals surface area (Å²) in [6.45, 7) is 4.33. The predicted octanol–water partition coefficient (Wildman–Crippen LogP) is 9.30. The summed E-state index contributed by atoms with van der Waals surface area (Å²) in [6.07, 6.45) is 40.7. The fraction of sp³-hybridized carbons (Fsp3) is 0.717. The Morgan fingerprint density at radius 2 is 1.11 bits per heavy atom. The molecule has 1 fully saturated rings. The van der Waals surface area contributed by atoms with E-state index in [1.807, 2.05) is 0 Å². The first-order valence-corrected chi connectivity index (χ1v) is 21.5. The zero-order valence-corrected chi connectivity index (χ0v) is 34.4.